The van der Waals surface area contributed by atoms with Crippen molar-refractivity contribution in [1.82, 2.24) is 16.0 Å². The van der Waals surface area contributed by atoms with Crippen LogP contribution in [0.1, 0.15) is 57.7 Å². The van der Waals surface area contributed by atoms with Gasteiger partial charge in [-0.1, -0.05) is 58.4 Å². The summed E-state index contributed by atoms with van der Waals surface area (Å²) < 4.78 is 0. The molecule has 0 heterocycles. The van der Waals surface area contributed by atoms with Gasteiger partial charge in [0.15, 0.2) is 0 Å². The van der Waals surface area contributed by atoms with Gasteiger partial charge >= 0.3 is 6.03 Å². The summed E-state index contributed by atoms with van der Waals surface area (Å²) in [6, 6.07) is 8.17. The molecule has 0 saturated heterocycles. The van der Waals surface area contributed by atoms with Crippen LogP contribution in [-0.4, -0.2) is 25.0 Å². The molecule has 0 fully saturated rings. The normalized spacial score (nSPS) is 12.0. The quantitative estimate of drug-likeness (QED) is 0.650. The number of rotatable bonds is 9. The zero-order chi connectivity index (χ0) is 17.9. The monoisotopic (exact) mass is 333 g/mol. The Morgan fingerprint density at radius 3 is 2.25 bits per heavy atom. The maximum Gasteiger partial charge on any atom is 0.321 e. The van der Waals surface area contributed by atoms with Gasteiger partial charge in [-0.25, -0.2) is 4.79 Å². The highest BCUT2D eigenvalue weighted by Gasteiger charge is 2.17. The molecule has 24 heavy (non-hydrogen) atoms. The maximum absolute atomic E-state index is 11.9. The highest BCUT2D eigenvalue weighted by molar-refractivity contribution is 5.95. The molecule has 0 aromatic heterocycles. The molecule has 0 saturated carbocycles. The fourth-order valence-corrected chi connectivity index (χ4v) is 2.57. The Hall–Kier alpha value is -1.88. The minimum Gasteiger partial charge on any atom is -0.338 e. The Labute approximate surface area is 145 Å². The fourth-order valence-electron chi connectivity index (χ4n) is 2.57. The summed E-state index contributed by atoms with van der Waals surface area (Å²) in [5.74, 6) is 0.0144. The third kappa shape index (κ3) is 7.13. The molecule has 0 aliphatic heterocycles. The van der Waals surface area contributed by atoms with E-state index in [0.717, 1.165) is 24.8 Å². The van der Waals surface area contributed by atoms with E-state index in [2.05, 4.69) is 61.0 Å². The second kappa shape index (κ2) is 10.8. The van der Waals surface area contributed by atoms with Crippen molar-refractivity contribution in [2.75, 3.05) is 13.1 Å². The van der Waals surface area contributed by atoms with Crippen molar-refractivity contribution in [2.24, 2.45) is 5.92 Å². The number of carbonyl (C=O) groups excluding carboxylic acids is 2. The summed E-state index contributed by atoms with van der Waals surface area (Å²) in [5.41, 5.74) is 2.49. The predicted molar refractivity (Wildman–Crippen MR) is 97.9 cm³/mol. The second-order valence-electron chi connectivity index (χ2n) is 6.40. The van der Waals surface area contributed by atoms with Crippen molar-refractivity contribution in [3.8, 4) is 0 Å². The molecule has 1 rings (SSSR count). The number of hydrogen-bond donors (Lipinski definition) is 3. The second-order valence-corrected chi connectivity index (χ2v) is 6.40. The number of benzene rings is 1. The first-order valence-corrected chi connectivity index (χ1v) is 8.87. The van der Waals surface area contributed by atoms with Gasteiger partial charge in [0.2, 0.25) is 5.91 Å². The first kappa shape index (κ1) is 20.2. The van der Waals surface area contributed by atoms with E-state index in [1.165, 1.54) is 5.56 Å². The Morgan fingerprint density at radius 2 is 1.71 bits per heavy atom. The van der Waals surface area contributed by atoms with Crippen molar-refractivity contribution in [1.29, 1.82) is 0 Å². The van der Waals surface area contributed by atoms with E-state index in [-0.39, 0.29) is 18.5 Å². The van der Waals surface area contributed by atoms with Gasteiger partial charge < -0.3 is 10.6 Å². The third-order valence-electron chi connectivity index (χ3n) is 3.82. The van der Waals surface area contributed by atoms with Gasteiger partial charge in [0.25, 0.3) is 0 Å². The van der Waals surface area contributed by atoms with Gasteiger partial charge in [-0.15, -0.1) is 0 Å². The van der Waals surface area contributed by atoms with Crippen molar-refractivity contribution in [3.63, 3.8) is 0 Å². The van der Waals surface area contributed by atoms with Crippen LogP contribution in [0.4, 0.5) is 4.79 Å². The molecular weight excluding hydrogens is 302 g/mol. The lowest BCUT2D eigenvalue weighted by Crippen LogP contribution is -2.44. The first-order valence-electron chi connectivity index (χ1n) is 8.87. The minimum atomic E-state index is -0.436. The van der Waals surface area contributed by atoms with Crippen LogP contribution in [0.25, 0.3) is 0 Å². The van der Waals surface area contributed by atoms with Crippen molar-refractivity contribution in [2.45, 2.75) is 53.0 Å². The van der Waals surface area contributed by atoms with E-state index < -0.39 is 6.03 Å². The molecule has 0 aliphatic rings. The van der Waals surface area contributed by atoms with Crippen LogP contribution in [0.5, 0.6) is 0 Å². The fraction of sp³-hybridized carbons (Fsp3) is 0.579. The molecule has 0 spiro atoms. The number of imide groups is 1. The summed E-state index contributed by atoms with van der Waals surface area (Å²) >= 11 is 0. The molecule has 1 unspecified atom stereocenters. The highest BCUT2D eigenvalue weighted by Crippen LogP contribution is 2.22. The smallest absolute Gasteiger partial charge is 0.321 e. The number of hydrogen-bond acceptors (Lipinski definition) is 3. The van der Waals surface area contributed by atoms with Crippen molar-refractivity contribution >= 4 is 11.9 Å². The van der Waals surface area contributed by atoms with Gasteiger partial charge in [0.05, 0.1) is 6.54 Å². The average Bonchev–Trinajstić information content (AvgIpc) is 2.54. The van der Waals surface area contributed by atoms with Gasteiger partial charge in [-0.2, -0.15) is 0 Å². The van der Waals surface area contributed by atoms with Gasteiger partial charge in [0, 0.05) is 12.6 Å². The predicted octanol–water partition coefficient (Wildman–Crippen LogP) is 3.16. The van der Waals surface area contributed by atoms with Gasteiger partial charge in [-0.3, -0.25) is 10.1 Å². The number of nitrogens with one attached hydrogen (secondary N) is 3. The summed E-state index contributed by atoms with van der Waals surface area (Å²) in [4.78, 5) is 23.4. The molecular formula is C19H31N3O2. The average molecular weight is 333 g/mol. The van der Waals surface area contributed by atoms with Crippen LogP contribution in [0.15, 0.2) is 24.3 Å². The third-order valence-corrected chi connectivity index (χ3v) is 3.82. The van der Waals surface area contributed by atoms with E-state index >= 15 is 0 Å². The van der Waals surface area contributed by atoms with E-state index in [4.69, 9.17) is 0 Å². The molecule has 0 bridgehead atoms. The lowest BCUT2D eigenvalue weighted by molar-refractivity contribution is -0.119. The van der Waals surface area contributed by atoms with E-state index in [0.29, 0.717) is 12.5 Å². The molecule has 1 aromatic rings. The highest BCUT2D eigenvalue weighted by atomic mass is 16.2. The summed E-state index contributed by atoms with van der Waals surface area (Å²) in [6.45, 7) is 9.03. The molecule has 3 N–H and O–H groups in total. The van der Waals surface area contributed by atoms with Gasteiger partial charge in [0.1, 0.15) is 0 Å². The van der Waals surface area contributed by atoms with Crippen LogP contribution in [0, 0.1) is 5.92 Å². The van der Waals surface area contributed by atoms with Crippen LogP contribution in [-0.2, 0) is 11.2 Å². The molecule has 0 aliphatic carbocycles. The Balaban J connectivity index is 2.57. The largest absolute Gasteiger partial charge is 0.338 e. The molecule has 5 heteroatoms. The Kier molecular flexibility index (Phi) is 9.08. The summed E-state index contributed by atoms with van der Waals surface area (Å²) in [5, 5.41) is 8.22. The number of urea groups is 1. The SMILES string of the molecule is CCCNC(=O)NC(=O)CNC(c1ccc(CCC)cc1)C(C)C. The lowest BCUT2D eigenvalue weighted by atomic mass is 9.94. The molecule has 0 radical (unpaired) electrons. The van der Waals surface area contributed by atoms with Crippen LogP contribution in [0.3, 0.4) is 0 Å². The maximum atomic E-state index is 11.9. The molecule has 5 nitrogen and oxygen atoms in total. The zero-order valence-electron chi connectivity index (χ0n) is 15.3. The van der Waals surface area contributed by atoms with Crippen LogP contribution >= 0.6 is 0 Å². The Bertz CT molecular complexity index is 512. The van der Waals surface area contributed by atoms with Crippen LogP contribution in [0.2, 0.25) is 0 Å². The zero-order valence-corrected chi connectivity index (χ0v) is 15.3. The molecule has 3 amide bonds. The first-order chi connectivity index (χ1) is 11.5. The molecule has 1 atom stereocenters. The van der Waals surface area contributed by atoms with Crippen LogP contribution < -0.4 is 16.0 Å². The van der Waals surface area contributed by atoms with E-state index in [1.807, 2.05) is 6.92 Å². The molecule has 1 aromatic carbocycles. The summed E-state index contributed by atoms with van der Waals surface area (Å²) in [7, 11) is 0. The summed E-state index contributed by atoms with van der Waals surface area (Å²) in [6.07, 6.45) is 3.05. The topological polar surface area (TPSA) is 70.2 Å². The van der Waals surface area contributed by atoms with E-state index in [1.54, 1.807) is 0 Å². The standard InChI is InChI=1S/C19H31N3O2/c1-5-7-15-8-10-16(11-9-15)18(14(3)4)21-13-17(23)22-19(24)20-12-6-2/h8-11,14,18,21H,5-7,12-13H2,1-4H3,(H2,20,22,23,24). The van der Waals surface area contributed by atoms with Crippen molar-refractivity contribution < 1.29 is 9.59 Å². The number of carbonyl (C=O) groups is 2. The number of amides is 3. The van der Waals surface area contributed by atoms with E-state index in [9.17, 15) is 9.59 Å². The lowest BCUT2D eigenvalue weighted by Gasteiger charge is -2.23. The number of aryl methyl sites for hydroxylation is 1. The minimum absolute atomic E-state index is 0.0742. The van der Waals surface area contributed by atoms with Crippen molar-refractivity contribution in [3.05, 3.63) is 35.4 Å². The molecule has 134 valence electrons. The van der Waals surface area contributed by atoms with Gasteiger partial charge in [-0.05, 0) is 29.9 Å². The Morgan fingerprint density at radius 1 is 1.04 bits per heavy atom.